The van der Waals surface area contributed by atoms with Crippen LogP contribution in [0.15, 0.2) is 66.7 Å². The quantitative estimate of drug-likeness (QED) is 0.257. The number of hydrogen-bond acceptors (Lipinski definition) is 4. The summed E-state index contributed by atoms with van der Waals surface area (Å²) in [4.78, 5) is 7.80. The number of H-pyrrole nitrogens is 1. The Kier molecular flexibility index (Phi) is 7.13. The summed E-state index contributed by atoms with van der Waals surface area (Å²) in [6.45, 7) is -1.79. The van der Waals surface area contributed by atoms with E-state index in [1.165, 1.54) is 12.1 Å². The third-order valence-corrected chi connectivity index (χ3v) is 6.06. The van der Waals surface area contributed by atoms with Crippen molar-refractivity contribution >= 4 is 26.7 Å². The largest absolute Gasteiger partial charge is 0.487 e. The summed E-state index contributed by atoms with van der Waals surface area (Å²) >= 11 is 0. The molecule has 0 saturated heterocycles. The Morgan fingerprint density at radius 1 is 0.946 bits per heavy atom. The first-order valence-electron chi connectivity index (χ1n) is 11.0. The van der Waals surface area contributed by atoms with Crippen LogP contribution >= 0.6 is 0 Å². The standard InChI is InChI=1S/C25H22F5N3O3S/c1-37(34,35)33-20-5-3-2-4-19(20)17-9-12-21-22(14-17)32-23(31-21)13-8-16-6-10-18(11-7-16)36-15-24(26,27)25(28,29)30/h2-7,9-12,14,33H,8,13,15H2,1H3,(H,31,32). The second kappa shape index (κ2) is 10.0. The Hall–Kier alpha value is -3.67. The molecule has 0 saturated carbocycles. The van der Waals surface area contributed by atoms with Crippen molar-refractivity contribution in [3.8, 4) is 16.9 Å². The molecule has 0 bridgehead atoms. The molecule has 0 spiro atoms. The third-order valence-electron chi connectivity index (χ3n) is 5.47. The van der Waals surface area contributed by atoms with Crippen LogP contribution in [0.5, 0.6) is 5.75 Å². The maximum absolute atomic E-state index is 13.0. The van der Waals surface area contributed by atoms with E-state index in [1.54, 1.807) is 24.3 Å². The van der Waals surface area contributed by atoms with E-state index in [0.29, 0.717) is 29.9 Å². The van der Waals surface area contributed by atoms with E-state index < -0.39 is 28.7 Å². The van der Waals surface area contributed by atoms with E-state index >= 15 is 0 Å². The topological polar surface area (TPSA) is 84.1 Å². The van der Waals surface area contributed by atoms with E-state index in [-0.39, 0.29) is 5.75 Å². The molecule has 0 aliphatic heterocycles. The van der Waals surface area contributed by atoms with Crippen molar-refractivity contribution in [2.45, 2.75) is 24.9 Å². The van der Waals surface area contributed by atoms with Gasteiger partial charge in [-0.2, -0.15) is 22.0 Å². The average Bonchev–Trinajstić information content (AvgIpc) is 3.23. The molecular formula is C25H22F5N3O3S. The van der Waals surface area contributed by atoms with E-state index in [9.17, 15) is 30.4 Å². The van der Waals surface area contributed by atoms with Crippen molar-refractivity contribution in [3.63, 3.8) is 0 Å². The fourth-order valence-electron chi connectivity index (χ4n) is 3.64. The van der Waals surface area contributed by atoms with Gasteiger partial charge in [-0.15, -0.1) is 0 Å². The molecule has 196 valence electrons. The van der Waals surface area contributed by atoms with Gasteiger partial charge in [-0.3, -0.25) is 4.72 Å². The van der Waals surface area contributed by atoms with Crippen LogP contribution in [-0.4, -0.2) is 43.3 Å². The normalized spacial score (nSPS) is 12.6. The average molecular weight is 540 g/mol. The van der Waals surface area contributed by atoms with Gasteiger partial charge in [0.1, 0.15) is 11.6 Å². The second-order valence-corrected chi connectivity index (χ2v) is 10.2. The summed E-state index contributed by atoms with van der Waals surface area (Å²) in [6, 6.07) is 18.4. The Bertz CT molecular complexity index is 1500. The molecule has 3 aromatic carbocycles. The number of benzene rings is 3. The lowest BCUT2D eigenvalue weighted by Gasteiger charge is -2.19. The van der Waals surface area contributed by atoms with Gasteiger partial charge in [-0.1, -0.05) is 36.4 Å². The molecule has 0 unspecified atom stereocenters. The van der Waals surface area contributed by atoms with Crippen molar-refractivity contribution in [3.05, 3.63) is 78.1 Å². The van der Waals surface area contributed by atoms with Crippen LogP contribution in [0.3, 0.4) is 0 Å². The lowest BCUT2D eigenvalue weighted by atomic mass is 10.0. The molecule has 12 heteroatoms. The molecular weight excluding hydrogens is 517 g/mol. The summed E-state index contributed by atoms with van der Waals surface area (Å²) in [5, 5.41) is 0. The Balaban J connectivity index is 1.42. The van der Waals surface area contributed by atoms with E-state index in [0.717, 1.165) is 28.4 Å². The number of aromatic nitrogens is 2. The second-order valence-electron chi connectivity index (χ2n) is 8.47. The van der Waals surface area contributed by atoms with Crippen LogP contribution < -0.4 is 9.46 Å². The predicted octanol–water partition coefficient (Wildman–Crippen LogP) is 5.96. The number of fused-ring (bicyclic) bond motifs is 1. The smallest absolute Gasteiger partial charge is 0.456 e. The first-order chi connectivity index (χ1) is 17.3. The molecule has 1 aromatic heterocycles. The number of alkyl halides is 5. The fourth-order valence-corrected chi connectivity index (χ4v) is 4.22. The number of aromatic amines is 1. The lowest BCUT2D eigenvalue weighted by Crippen LogP contribution is -2.41. The molecule has 2 N–H and O–H groups in total. The van der Waals surface area contributed by atoms with E-state index in [1.807, 2.05) is 30.3 Å². The number of sulfonamides is 1. The number of aryl methyl sites for hydroxylation is 2. The van der Waals surface area contributed by atoms with Crippen molar-refractivity contribution in [1.82, 2.24) is 9.97 Å². The summed E-state index contributed by atoms with van der Waals surface area (Å²) < 4.78 is 93.4. The van der Waals surface area contributed by atoms with E-state index in [2.05, 4.69) is 19.4 Å². The van der Waals surface area contributed by atoms with E-state index in [4.69, 9.17) is 0 Å². The number of nitrogens with one attached hydrogen (secondary N) is 2. The van der Waals surface area contributed by atoms with Gasteiger partial charge < -0.3 is 9.72 Å². The summed E-state index contributed by atoms with van der Waals surface area (Å²) in [6.07, 6.45) is -3.53. The van der Waals surface area contributed by atoms with Gasteiger partial charge in [0, 0.05) is 12.0 Å². The number of nitrogens with zero attached hydrogens (tertiary/aromatic N) is 1. The first-order valence-corrected chi connectivity index (χ1v) is 12.9. The highest BCUT2D eigenvalue weighted by Crippen LogP contribution is 2.36. The van der Waals surface area contributed by atoms with Crippen LogP contribution in [0, 0.1) is 0 Å². The molecule has 0 atom stereocenters. The Labute approximate surface area is 209 Å². The van der Waals surface area contributed by atoms with Crippen molar-refractivity contribution in [2.24, 2.45) is 0 Å². The van der Waals surface area contributed by atoms with Gasteiger partial charge in [0.25, 0.3) is 0 Å². The zero-order chi connectivity index (χ0) is 26.8. The number of para-hydroxylation sites is 1. The highest BCUT2D eigenvalue weighted by Gasteiger charge is 2.58. The molecule has 0 fully saturated rings. The number of halogens is 5. The van der Waals surface area contributed by atoms with Gasteiger partial charge in [0.2, 0.25) is 10.0 Å². The van der Waals surface area contributed by atoms with Crippen LogP contribution in [0.1, 0.15) is 11.4 Å². The lowest BCUT2D eigenvalue weighted by molar-refractivity contribution is -0.290. The zero-order valence-electron chi connectivity index (χ0n) is 19.4. The maximum Gasteiger partial charge on any atom is 0.456 e. The molecule has 6 nitrogen and oxygen atoms in total. The number of ether oxygens (including phenoxy) is 1. The minimum absolute atomic E-state index is 0.0883. The van der Waals surface area contributed by atoms with Crippen LogP contribution in [0.25, 0.3) is 22.2 Å². The molecule has 0 radical (unpaired) electrons. The van der Waals surface area contributed by atoms with Crippen LogP contribution in [0.2, 0.25) is 0 Å². The number of anilines is 1. The van der Waals surface area contributed by atoms with Gasteiger partial charge in [0.15, 0.2) is 6.61 Å². The molecule has 37 heavy (non-hydrogen) atoms. The van der Waals surface area contributed by atoms with Gasteiger partial charge in [-0.05, 0) is 47.9 Å². The number of rotatable bonds is 9. The van der Waals surface area contributed by atoms with Crippen LogP contribution in [0.4, 0.5) is 27.6 Å². The van der Waals surface area contributed by atoms with Crippen molar-refractivity contribution in [1.29, 1.82) is 0 Å². The van der Waals surface area contributed by atoms with Gasteiger partial charge in [0.05, 0.1) is 23.0 Å². The SMILES string of the molecule is CS(=O)(=O)Nc1ccccc1-c1ccc2nc(CCc3ccc(OCC(F)(F)C(F)(F)F)cc3)[nH]c2c1. The summed E-state index contributed by atoms with van der Waals surface area (Å²) in [5.41, 5.74) is 4.26. The number of hydrogen-bond donors (Lipinski definition) is 2. The third kappa shape index (κ3) is 6.56. The van der Waals surface area contributed by atoms with Gasteiger partial charge >= 0.3 is 12.1 Å². The highest BCUT2D eigenvalue weighted by atomic mass is 32.2. The van der Waals surface area contributed by atoms with Gasteiger partial charge in [-0.25, -0.2) is 13.4 Å². The van der Waals surface area contributed by atoms with Crippen LogP contribution in [-0.2, 0) is 22.9 Å². The van der Waals surface area contributed by atoms with Crippen molar-refractivity contribution < 1.29 is 35.1 Å². The first kappa shape index (κ1) is 26.4. The Morgan fingerprint density at radius 3 is 2.32 bits per heavy atom. The Morgan fingerprint density at radius 2 is 1.65 bits per heavy atom. The zero-order valence-corrected chi connectivity index (χ0v) is 20.3. The maximum atomic E-state index is 13.0. The van der Waals surface area contributed by atoms with Crippen molar-refractivity contribution in [2.75, 3.05) is 17.6 Å². The highest BCUT2D eigenvalue weighted by molar-refractivity contribution is 7.92. The molecule has 4 rings (SSSR count). The summed E-state index contributed by atoms with van der Waals surface area (Å²) in [5.74, 6) is -4.33. The molecule has 0 amide bonds. The minimum atomic E-state index is -5.67. The minimum Gasteiger partial charge on any atom is -0.487 e. The molecule has 1 heterocycles. The molecule has 4 aromatic rings. The molecule has 0 aliphatic rings. The fraction of sp³-hybridized carbons (Fsp3) is 0.240. The monoisotopic (exact) mass is 539 g/mol. The number of imidazole rings is 1. The molecule has 0 aliphatic carbocycles. The summed E-state index contributed by atoms with van der Waals surface area (Å²) in [7, 11) is -3.45. The predicted molar refractivity (Wildman–Crippen MR) is 130 cm³/mol.